The number of carbonyl (C=O) groups excluding carboxylic acids is 2. The van der Waals surface area contributed by atoms with Crippen molar-refractivity contribution in [1.82, 2.24) is 9.80 Å². The number of nitrogens with zero attached hydrogens (tertiary/aromatic N) is 2. The Kier molecular flexibility index (Phi) is 9.33. The topological polar surface area (TPSA) is 88.5 Å². The number of likely N-dealkylation sites (tertiary alicyclic amines) is 1. The van der Waals surface area contributed by atoms with E-state index in [1.54, 1.807) is 29.2 Å². The van der Waals surface area contributed by atoms with Crippen molar-refractivity contribution in [2.75, 3.05) is 46.0 Å². The molecule has 0 aliphatic carbocycles. The van der Waals surface area contributed by atoms with Crippen LogP contribution in [-0.4, -0.2) is 72.6 Å². The number of rotatable bonds is 11. The van der Waals surface area contributed by atoms with Crippen molar-refractivity contribution in [3.05, 3.63) is 95.6 Å². The number of aliphatic hydroxyl groups excluding tert-OH is 1. The van der Waals surface area contributed by atoms with Gasteiger partial charge in [-0.1, -0.05) is 49.4 Å². The van der Waals surface area contributed by atoms with Crippen LogP contribution in [0.15, 0.2) is 84.4 Å². The zero-order chi connectivity index (χ0) is 28.6. The monoisotopic (exact) mass is 556 g/mol. The van der Waals surface area contributed by atoms with Crippen LogP contribution in [0.4, 0.5) is 0 Å². The SMILES string of the molecule is CCCOc1cccc(C(O)=C2C(=O)C(=O)N(CCCN3CCOCC3)C2c2cccc(Oc3ccccc3)c2)c1. The Hall–Kier alpha value is -4.14. The summed E-state index contributed by atoms with van der Waals surface area (Å²) in [5.41, 5.74) is 1.17. The summed E-state index contributed by atoms with van der Waals surface area (Å²) < 4.78 is 17.3. The number of morpholine rings is 1. The molecule has 2 fully saturated rings. The zero-order valence-corrected chi connectivity index (χ0v) is 23.3. The summed E-state index contributed by atoms with van der Waals surface area (Å²) in [4.78, 5) is 30.8. The fourth-order valence-corrected chi connectivity index (χ4v) is 5.23. The molecule has 0 radical (unpaired) electrons. The Morgan fingerprint density at radius 1 is 0.902 bits per heavy atom. The summed E-state index contributed by atoms with van der Waals surface area (Å²) in [6.07, 6.45) is 1.53. The summed E-state index contributed by atoms with van der Waals surface area (Å²) in [5.74, 6) is 0.293. The zero-order valence-electron chi connectivity index (χ0n) is 23.3. The molecule has 0 bridgehead atoms. The first kappa shape index (κ1) is 28.4. The molecule has 2 saturated heterocycles. The van der Waals surface area contributed by atoms with Crippen LogP contribution in [0.5, 0.6) is 17.2 Å². The smallest absolute Gasteiger partial charge is 0.295 e. The van der Waals surface area contributed by atoms with Gasteiger partial charge in [0.25, 0.3) is 11.7 Å². The lowest BCUT2D eigenvalue weighted by molar-refractivity contribution is -0.140. The molecule has 0 saturated carbocycles. The average molecular weight is 557 g/mol. The van der Waals surface area contributed by atoms with E-state index in [9.17, 15) is 14.7 Å². The second-order valence-electron chi connectivity index (χ2n) is 10.2. The Balaban J connectivity index is 1.49. The molecule has 2 aliphatic rings. The van der Waals surface area contributed by atoms with Gasteiger partial charge in [-0.25, -0.2) is 0 Å². The highest BCUT2D eigenvalue weighted by Gasteiger charge is 2.46. The second-order valence-corrected chi connectivity index (χ2v) is 10.2. The van der Waals surface area contributed by atoms with Crippen molar-refractivity contribution >= 4 is 17.4 Å². The van der Waals surface area contributed by atoms with Crippen LogP contribution >= 0.6 is 0 Å². The minimum Gasteiger partial charge on any atom is -0.507 e. The van der Waals surface area contributed by atoms with E-state index in [0.717, 1.165) is 26.1 Å². The molecule has 41 heavy (non-hydrogen) atoms. The number of benzene rings is 3. The lowest BCUT2D eigenvalue weighted by atomic mass is 9.95. The maximum absolute atomic E-state index is 13.5. The van der Waals surface area contributed by atoms with Crippen molar-refractivity contribution < 1.29 is 28.9 Å². The second kappa shape index (κ2) is 13.5. The molecule has 1 amide bonds. The highest BCUT2D eigenvalue weighted by atomic mass is 16.5. The lowest BCUT2D eigenvalue weighted by Gasteiger charge is -2.29. The van der Waals surface area contributed by atoms with Gasteiger partial charge in [-0.05, 0) is 54.8 Å². The predicted molar refractivity (Wildman–Crippen MR) is 156 cm³/mol. The molecule has 3 aromatic rings. The number of amides is 1. The minimum atomic E-state index is -0.765. The van der Waals surface area contributed by atoms with Crippen molar-refractivity contribution in [3.8, 4) is 17.2 Å². The van der Waals surface area contributed by atoms with Crippen LogP contribution in [0, 0.1) is 0 Å². The summed E-state index contributed by atoms with van der Waals surface area (Å²) in [5, 5.41) is 11.5. The number of ketones is 1. The number of para-hydroxylation sites is 1. The quantitative estimate of drug-likeness (QED) is 0.192. The maximum Gasteiger partial charge on any atom is 0.295 e. The molecule has 8 nitrogen and oxygen atoms in total. The standard InChI is InChI=1S/C33H36N2O6/c1-2-19-40-27-13-7-10-25(23-27)31(36)29-30(24-9-6-14-28(22-24)41-26-11-4-3-5-12-26)35(33(38)32(29)37)16-8-15-34-17-20-39-21-18-34/h3-7,9-14,22-23,30,36H,2,8,15-21H2,1H3. The number of aliphatic hydroxyl groups is 1. The molecular formula is C33H36N2O6. The van der Waals surface area contributed by atoms with E-state index in [2.05, 4.69) is 4.90 Å². The van der Waals surface area contributed by atoms with Gasteiger partial charge in [0, 0.05) is 31.7 Å². The van der Waals surface area contributed by atoms with Gasteiger partial charge in [-0.15, -0.1) is 0 Å². The van der Waals surface area contributed by atoms with Gasteiger partial charge in [-0.3, -0.25) is 14.5 Å². The fraction of sp³-hybridized carbons (Fsp3) is 0.333. The highest BCUT2D eigenvalue weighted by Crippen LogP contribution is 2.41. The number of hydrogen-bond acceptors (Lipinski definition) is 7. The molecule has 5 rings (SSSR count). The molecule has 0 spiro atoms. The summed E-state index contributed by atoms with van der Waals surface area (Å²) in [7, 11) is 0. The van der Waals surface area contributed by atoms with Crippen LogP contribution in [0.1, 0.15) is 36.9 Å². The molecule has 1 N–H and O–H groups in total. The van der Waals surface area contributed by atoms with Gasteiger partial charge >= 0.3 is 0 Å². The molecule has 3 aromatic carbocycles. The normalized spacial score (nSPS) is 19.0. The lowest BCUT2D eigenvalue weighted by Crippen LogP contribution is -2.38. The fourth-order valence-electron chi connectivity index (χ4n) is 5.23. The van der Waals surface area contributed by atoms with Crippen molar-refractivity contribution in [3.63, 3.8) is 0 Å². The molecule has 8 heteroatoms. The van der Waals surface area contributed by atoms with E-state index in [1.807, 2.05) is 61.5 Å². The largest absolute Gasteiger partial charge is 0.507 e. The van der Waals surface area contributed by atoms with Crippen LogP contribution in [-0.2, 0) is 14.3 Å². The number of hydrogen-bond donors (Lipinski definition) is 1. The minimum absolute atomic E-state index is 0.0610. The first-order chi connectivity index (χ1) is 20.0. The Morgan fingerprint density at radius 3 is 2.41 bits per heavy atom. The number of Topliss-reactive ketones (excluding diaryl/α,β-unsaturated/α-hetero) is 1. The van der Waals surface area contributed by atoms with Gasteiger partial charge < -0.3 is 24.2 Å². The number of ether oxygens (including phenoxy) is 3. The van der Waals surface area contributed by atoms with E-state index in [1.165, 1.54) is 0 Å². The van der Waals surface area contributed by atoms with E-state index in [4.69, 9.17) is 14.2 Å². The number of carbonyl (C=O) groups is 2. The predicted octanol–water partition coefficient (Wildman–Crippen LogP) is 5.41. The van der Waals surface area contributed by atoms with Crippen molar-refractivity contribution in [2.24, 2.45) is 0 Å². The third kappa shape index (κ3) is 6.78. The van der Waals surface area contributed by atoms with Gasteiger partial charge in [-0.2, -0.15) is 0 Å². The van der Waals surface area contributed by atoms with Crippen LogP contribution in [0.25, 0.3) is 5.76 Å². The van der Waals surface area contributed by atoms with Crippen LogP contribution < -0.4 is 9.47 Å². The summed E-state index contributed by atoms with van der Waals surface area (Å²) in [6.45, 7) is 6.78. The molecular weight excluding hydrogens is 520 g/mol. The molecule has 214 valence electrons. The molecule has 1 unspecified atom stereocenters. The molecule has 2 aliphatic heterocycles. The Bertz CT molecular complexity index is 1380. The first-order valence-electron chi connectivity index (χ1n) is 14.2. The summed E-state index contributed by atoms with van der Waals surface area (Å²) >= 11 is 0. The third-order valence-corrected chi connectivity index (χ3v) is 7.25. The van der Waals surface area contributed by atoms with Crippen LogP contribution in [0.2, 0.25) is 0 Å². The van der Waals surface area contributed by atoms with E-state index in [0.29, 0.717) is 61.2 Å². The van der Waals surface area contributed by atoms with Crippen LogP contribution in [0.3, 0.4) is 0 Å². The summed E-state index contributed by atoms with van der Waals surface area (Å²) in [6, 6.07) is 23.0. The van der Waals surface area contributed by atoms with Crippen molar-refractivity contribution in [1.29, 1.82) is 0 Å². The maximum atomic E-state index is 13.5. The average Bonchev–Trinajstić information content (AvgIpc) is 3.26. The molecule has 2 heterocycles. The van der Waals surface area contributed by atoms with E-state index < -0.39 is 17.7 Å². The van der Waals surface area contributed by atoms with E-state index >= 15 is 0 Å². The van der Waals surface area contributed by atoms with Gasteiger partial charge in [0.05, 0.1) is 31.4 Å². The molecule has 1 atom stereocenters. The Morgan fingerprint density at radius 2 is 1.63 bits per heavy atom. The van der Waals surface area contributed by atoms with Crippen molar-refractivity contribution in [2.45, 2.75) is 25.8 Å². The molecule has 0 aromatic heterocycles. The Labute approximate surface area is 240 Å². The highest BCUT2D eigenvalue weighted by molar-refractivity contribution is 6.46. The third-order valence-electron chi connectivity index (χ3n) is 7.25. The van der Waals surface area contributed by atoms with E-state index in [-0.39, 0.29) is 11.3 Å². The van der Waals surface area contributed by atoms with Gasteiger partial charge in [0.2, 0.25) is 0 Å². The van der Waals surface area contributed by atoms with Gasteiger partial charge in [0.1, 0.15) is 23.0 Å². The first-order valence-corrected chi connectivity index (χ1v) is 14.2. The van der Waals surface area contributed by atoms with Gasteiger partial charge in [0.15, 0.2) is 0 Å².